The highest BCUT2D eigenvalue weighted by Gasteiger charge is 2.38. The van der Waals surface area contributed by atoms with Crippen LogP contribution in [0.4, 0.5) is 22.7 Å². The van der Waals surface area contributed by atoms with Gasteiger partial charge in [-0.3, -0.25) is 4.79 Å². The summed E-state index contributed by atoms with van der Waals surface area (Å²) < 4.78 is 0. The second kappa shape index (κ2) is 13.1. The zero-order chi connectivity index (χ0) is 39.9. The van der Waals surface area contributed by atoms with Crippen molar-refractivity contribution >= 4 is 57.8 Å². The summed E-state index contributed by atoms with van der Waals surface area (Å²) in [5.41, 5.74) is 14.7. The van der Waals surface area contributed by atoms with Gasteiger partial charge in [0.1, 0.15) is 0 Å². The number of amides is 1. The number of hydrogen-bond acceptors (Lipinski definition) is 5. The number of fused-ring (bicyclic) bond motifs is 6. The molecule has 2 heterocycles. The minimum absolute atomic E-state index is 0.0528. The van der Waals surface area contributed by atoms with Gasteiger partial charge in [-0.25, -0.2) is 4.79 Å². The molecule has 0 unspecified atom stereocenters. The van der Waals surface area contributed by atoms with Crippen molar-refractivity contribution in [2.75, 3.05) is 9.91 Å². The standard InChI is InChI=1S/C51H39N3O3S/c1-50(2)42-16-10-8-14-37(42)39-25-22-34(28-44(39)50)53(35-23-26-40-38-15-9-11-17-43(38)51(3,4)45(40)29-35)32-20-18-31(19-21-32)46-27-24-36(58-46)30-41-47(49(56)57)52-54(48(41)55)33-12-6-5-7-13-33/h5-30H,1-4H3,(H,56,57). The third kappa shape index (κ3) is 5.49. The maximum atomic E-state index is 13.4. The van der Waals surface area contributed by atoms with Gasteiger partial charge in [-0.2, -0.15) is 10.1 Å². The van der Waals surface area contributed by atoms with E-state index in [9.17, 15) is 14.7 Å². The molecular formula is C51H39N3O3S. The Bertz CT molecular complexity index is 2790. The van der Waals surface area contributed by atoms with Crippen molar-refractivity contribution in [2.24, 2.45) is 5.10 Å². The third-order valence-corrected chi connectivity index (χ3v) is 13.1. The monoisotopic (exact) mass is 773 g/mol. The lowest BCUT2D eigenvalue weighted by atomic mass is 9.82. The van der Waals surface area contributed by atoms with Gasteiger partial charge < -0.3 is 10.0 Å². The number of hydrazone groups is 1. The summed E-state index contributed by atoms with van der Waals surface area (Å²) in [7, 11) is 0. The van der Waals surface area contributed by atoms with E-state index in [-0.39, 0.29) is 22.1 Å². The lowest BCUT2D eigenvalue weighted by Gasteiger charge is -2.30. The fraction of sp³-hybridized carbons (Fsp3) is 0.118. The fourth-order valence-corrected chi connectivity index (χ4v) is 10.0. The predicted molar refractivity (Wildman–Crippen MR) is 237 cm³/mol. The molecule has 0 saturated carbocycles. The maximum Gasteiger partial charge on any atom is 0.357 e. The Morgan fingerprint density at radius 1 is 0.621 bits per heavy atom. The Balaban J connectivity index is 1.02. The number of carboxylic acids is 1. The molecule has 0 fully saturated rings. The van der Waals surface area contributed by atoms with E-state index in [1.165, 1.54) is 55.8 Å². The number of para-hydroxylation sites is 1. The maximum absolute atomic E-state index is 13.4. The predicted octanol–water partition coefficient (Wildman–Crippen LogP) is 12.4. The molecule has 6 nitrogen and oxygen atoms in total. The molecule has 3 aliphatic rings. The summed E-state index contributed by atoms with van der Waals surface area (Å²) in [6.45, 7) is 9.27. The summed E-state index contributed by atoms with van der Waals surface area (Å²) in [5.74, 6) is -1.72. The van der Waals surface area contributed by atoms with Crippen LogP contribution in [0.15, 0.2) is 162 Å². The van der Waals surface area contributed by atoms with Crippen LogP contribution in [0, 0.1) is 0 Å². The van der Waals surface area contributed by atoms with Crippen LogP contribution in [0.3, 0.4) is 0 Å². The van der Waals surface area contributed by atoms with E-state index >= 15 is 0 Å². The molecule has 0 saturated heterocycles. The second-order valence-corrected chi connectivity index (χ2v) is 17.3. The largest absolute Gasteiger partial charge is 0.476 e. The molecule has 6 aromatic carbocycles. The molecule has 1 N–H and O–H groups in total. The van der Waals surface area contributed by atoms with E-state index in [1.54, 1.807) is 30.3 Å². The highest BCUT2D eigenvalue weighted by Crippen LogP contribution is 2.53. The topological polar surface area (TPSA) is 73.2 Å². The Morgan fingerprint density at radius 2 is 1.14 bits per heavy atom. The molecule has 10 rings (SSSR count). The van der Waals surface area contributed by atoms with Gasteiger partial charge in [-0.1, -0.05) is 119 Å². The number of carbonyl (C=O) groups is 2. The number of aliphatic carboxylic acids is 1. The van der Waals surface area contributed by atoms with Gasteiger partial charge in [-0.15, -0.1) is 11.3 Å². The molecule has 1 aliphatic heterocycles. The van der Waals surface area contributed by atoms with E-state index in [1.807, 2.05) is 18.2 Å². The number of hydrogen-bond donors (Lipinski definition) is 1. The normalized spacial score (nSPS) is 16.1. The lowest BCUT2D eigenvalue weighted by molar-refractivity contribution is -0.129. The molecule has 58 heavy (non-hydrogen) atoms. The fourth-order valence-electron chi connectivity index (χ4n) is 9.06. The van der Waals surface area contributed by atoms with Gasteiger partial charge in [0, 0.05) is 37.6 Å². The Hall–Kier alpha value is -6.83. The second-order valence-electron chi connectivity index (χ2n) is 16.1. The van der Waals surface area contributed by atoms with E-state index in [4.69, 9.17) is 0 Å². The average molecular weight is 774 g/mol. The third-order valence-electron chi connectivity index (χ3n) is 12.1. The molecule has 7 aromatic rings. The number of carbonyl (C=O) groups excluding carboxylic acids is 1. The van der Waals surface area contributed by atoms with E-state index < -0.39 is 11.9 Å². The lowest BCUT2D eigenvalue weighted by Crippen LogP contribution is -2.22. The highest BCUT2D eigenvalue weighted by atomic mass is 32.1. The van der Waals surface area contributed by atoms with Crippen LogP contribution < -0.4 is 9.91 Å². The highest BCUT2D eigenvalue weighted by molar-refractivity contribution is 7.16. The van der Waals surface area contributed by atoms with E-state index in [0.29, 0.717) is 5.69 Å². The van der Waals surface area contributed by atoms with E-state index in [2.05, 4.69) is 147 Å². The van der Waals surface area contributed by atoms with Crippen molar-refractivity contribution < 1.29 is 14.7 Å². The quantitative estimate of drug-likeness (QED) is 0.164. The first-order valence-corrected chi connectivity index (χ1v) is 20.2. The molecule has 7 heteroatoms. The van der Waals surface area contributed by atoms with Crippen molar-refractivity contribution in [1.29, 1.82) is 0 Å². The molecule has 282 valence electrons. The van der Waals surface area contributed by atoms with Gasteiger partial charge in [0.15, 0.2) is 5.71 Å². The number of nitrogens with zero attached hydrogens (tertiary/aromatic N) is 3. The van der Waals surface area contributed by atoms with Crippen molar-refractivity contribution in [1.82, 2.24) is 0 Å². The van der Waals surface area contributed by atoms with Crippen molar-refractivity contribution in [2.45, 2.75) is 38.5 Å². The number of benzene rings is 6. The first-order valence-electron chi connectivity index (χ1n) is 19.4. The Kier molecular flexibility index (Phi) is 8.04. The molecular weight excluding hydrogens is 735 g/mol. The molecule has 1 aromatic heterocycles. The SMILES string of the molecule is CC1(C)c2ccccc2-c2ccc(N(c3ccc(-c4ccc(C=C5C(=O)N(c6ccccc6)N=C5C(=O)O)s4)cc3)c3ccc4c(c3)C(C)(C)c3ccccc3-4)cc21. The van der Waals surface area contributed by atoms with Crippen molar-refractivity contribution in [3.8, 4) is 32.7 Å². The molecule has 0 spiro atoms. The Labute approximate surface area is 341 Å². The summed E-state index contributed by atoms with van der Waals surface area (Å²) in [6.07, 6.45) is 1.63. The first kappa shape index (κ1) is 35.6. The summed E-state index contributed by atoms with van der Waals surface area (Å²) in [5, 5.41) is 15.3. The summed E-state index contributed by atoms with van der Waals surface area (Å²) >= 11 is 1.50. The van der Waals surface area contributed by atoms with Crippen LogP contribution in [0.25, 0.3) is 38.8 Å². The number of anilines is 4. The number of thiophene rings is 1. The van der Waals surface area contributed by atoms with Gasteiger partial charge in [0.25, 0.3) is 5.91 Å². The van der Waals surface area contributed by atoms with Crippen molar-refractivity contribution in [3.63, 3.8) is 0 Å². The molecule has 1 amide bonds. The summed E-state index contributed by atoms with van der Waals surface area (Å²) in [6, 6.07) is 52.7. The van der Waals surface area contributed by atoms with Crippen LogP contribution in [0.1, 0.15) is 54.8 Å². The van der Waals surface area contributed by atoms with Crippen LogP contribution in [-0.4, -0.2) is 22.7 Å². The zero-order valence-electron chi connectivity index (χ0n) is 32.5. The van der Waals surface area contributed by atoms with Gasteiger partial charge in [-0.05, 0) is 117 Å². The van der Waals surface area contributed by atoms with E-state index in [0.717, 1.165) is 37.4 Å². The smallest absolute Gasteiger partial charge is 0.357 e. The first-order chi connectivity index (χ1) is 28.0. The van der Waals surface area contributed by atoms with Crippen LogP contribution in [0.2, 0.25) is 0 Å². The van der Waals surface area contributed by atoms with Gasteiger partial charge in [0.05, 0.1) is 11.3 Å². The van der Waals surface area contributed by atoms with Crippen LogP contribution >= 0.6 is 11.3 Å². The van der Waals surface area contributed by atoms with Gasteiger partial charge in [0.2, 0.25) is 0 Å². The molecule has 0 radical (unpaired) electrons. The van der Waals surface area contributed by atoms with Gasteiger partial charge >= 0.3 is 5.97 Å². The Morgan fingerprint density at radius 3 is 1.71 bits per heavy atom. The number of carboxylic acid groups (broad SMARTS) is 1. The van der Waals surface area contributed by atoms with Crippen LogP contribution in [-0.2, 0) is 20.4 Å². The molecule has 0 bridgehead atoms. The molecule has 2 aliphatic carbocycles. The van der Waals surface area contributed by atoms with Crippen LogP contribution in [0.5, 0.6) is 0 Å². The minimum Gasteiger partial charge on any atom is -0.476 e. The molecule has 0 atom stereocenters. The average Bonchev–Trinajstić information content (AvgIpc) is 3.96. The van der Waals surface area contributed by atoms with Crippen molar-refractivity contribution in [3.05, 3.63) is 184 Å². The minimum atomic E-state index is -1.25. The zero-order valence-corrected chi connectivity index (χ0v) is 33.3. The number of rotatable bonds is 7. The summed E-state index contributed by atoms with van der Waals surface area (Å²) in [4.78, 5) is 29.7.